The number of amides is 1. The van der Waals surface area contributed by atoms with Crippen LogP contribution in [0.15, 0.2) is 30.7 Å². The lowest BCUT2D eigenvalue weighted by atomic mass is 10.2. The van der Waals surface area contributed by atoms with Crippen molar-refractivity contribution in [3.63, 3.8) is 0 Å². The lowest BCUT2D eigenvalue weighted by Gasteiger charge is -2.24. The Bertz CT molecular complexity index is 1090. The predicted octanol–water partition coefficient (Wildman–Crippen LogP) is 3.66. The fourth-order valence-corrected chi connectivity index (χ4v) is 3.40. The molecule has 1 atom stereocenters. The van der Waals surface area contributed by atoms with Gasteiger partial charge in [-0.3, -0.25) is 4.40 Å². The summed E-state index contributed by atoms with van der Waals surface area (Å²) in [7, 11) is 0. The van der Waals surface area contributed by atoms with E-state index in [2.05, 4.69) is 20.3 Å². The monoisotopic (exact) mass is 412 g/mol. The number of likely N-dealkylation sites (tertiary alicyclic amines) is 1. The second-order valence-corrected chi connectivity index (χ2v) is 8.50. The van der Waals surface area contributed by atoms with Crippen molar-refractivity contribution in [2.24, 2.45) is 0 Å². The third kappa shape index (κ3) is 4.19. The molecular weight excluding hydrogens is 387 g/mol. The zero-order valence-corrected chi connectivity index (χ0v) is 17.5. The van der Waals surface area contributed by atoms with Crippen LogP contribution < -0.4 is 5.32 Å². The summed E-state index contributed by atoms with van der Waals surface area (Å²) in [6.07, 6.45) is 5.20. The molecule has 158 valence electrons. The number of aryl methyl sites for hydroxylation is 1. The molecule has 30 heavy (non-hydrogen) atoms. The van der Waals surface area contributed by atoms with Crippen LogP contribution >= 0.6 is 0 Å². The van der Waals surface area contributed by atoms with Crippen molar-refractivity contribution in [1.82, 2.24) is 24.3 Å². The summed E-state index contributed by atoms with van der Waals surface area (Å²) in [5.74, 6) is 0.769. The minimum Gasteiger partial charge on any atom is -0.444 e. The number of aromatic nitrogens is 4. The molecule has 9 heteroatoms. The first-order valence-electron chi connectivity index (χ1n) is 9.91. The summed E-state index contributed by atoms with van der Waals surface area (Å²) < 4.78 is 20.8. The molecule has 4 rings (SSSR count). The highest BCUT2D eigenvalue weighted by molar-refractivity contribution is 5.69. The average molecular weight is 412 g/mol. The van der Waals surface area contributed by atoms with Gasteiger partial charge < -0.3 is 15.0 Å². The van der Waals surface area contributed by atoms with Crippen LogP contribution in [0.5, 0.6) is 0 Å². The Morgan fingerprint density at radius 1 is 1.27 bits per heavy atom. The van der Waals surface area contributed by atoms with Gasteiger partial charge in [0.1, 0.15) is 28.6 Å². The van der Waals surface area contributed by atoms with E-state index in [0.29, 0.717) is 36.1 Å². The van der Waals surface area contributed by atoms with Crippen LogP contribution in [0, 0.1) is 12.7 Å². The fourth-order valence-electron chi connectivity index (χ4n) is 3.40. The van der Waals surface area contributed by atoms with Gasteiger partial charge in [-0.1, -0.05) is 0 Å². The van der Waals surface area contributed by atoms with E-state index < -0.39 is 5.60 Å². The summed E-state index contributed by atoms with van der Waals surface area (Å²) in [5, 5.41) is 3.41. The third-order valence-corrected chi connectivity index (χ3v) is 4.85. The number of halogens is 1. The molecular formula is C21H25FN6O2. The van der Waals surface area contributed by atoms with Crippen molar-refractivity contribution in [2.75, 3.05) is 18.4 Å². The highest BCUT2D eigenvalue weighted by Crippen LogP contribution is 2.23. The first kappa shape index (κ1) is 20.1. The number of fused-ring (bicyclic) bond motifs is 1. The van der Waals surface area contributed by atoms with Gasteiger partial charge in [-0.05, 0) is 46.2 Å². The molecule has 0 bridgehead atoms. The van der Waals surface area contributed by atoms with Crippen LogP contribution in [0.4, 0.5) is 15.0 Å². The first-order chi connectivity index (χ1) is 14.2. The Kier molecular flexibility index (Phi) is 5.05. The van der Waals surface area contributed by atoms with Crippen LogP contribution in [0.3, 0.4) is 0 Å². The number of pyridine rings is 1. The van der Waals surface area contributed by atoms with Gasteiger partial charge in [0.15, 0.2) is 5.82 Å². The molecule has 8 nitrogen and oxygen atoms in total. The standard InChI is InChI=1S/C21H25FN6O2/c1-13-9-24-19(16-10-23-17-6-5-14(22)11-28(16)17)26-18(13)25-15-7-8-27(12-15)20(29)30-21(2,3)4/h5-6,9-11,15H,7-8,12H2,1-4H3,(H,24,25,26). The Balaban J connectivity index is 1.52. The zero-order chi connectivity index (χ0) is 21.5. The van der Waals surface area contributed by atoms with E-state index in [-0.39, 0.29) is 18.0 Å². The van der Waals surface area contributed by atoms with Crippen molar-refractivity contribution in [3.8, 4) is 11.5 Å². The van der Waals surface area contributed by atoms with Gasteiger partial charge in [0.05, 0.1) is 6.20 Å². The molecule has 1 amide bonds. The van der Waals surface area contributed by atoms with Gasteiger partial charge in [0.25, 0.3) is 0 Å². The molecule has 0 aromatic carbocycles. The quantitative estimate of drug-likeness (QED) is 0.707. The number of hydrogen-bond donors (Lipinski definition) is 1. The highest BCUT2D eigenvalue weighted by atomic mass is 19.1. The molecule has 0 radical (unpaired) electrons. The lowest BCUT2D eigenvalue weighted by molar-refractivity contribution is 0.0293. The van der Waals surface area contributed by atoms with Gasteiger partial charge in [0, 0.05) is 37.1 Å². The number of imidazole rings is 1. The second kappa shape index (κ2) is 7.55. The van der Waals surface area contributed by atoms with E-state index >= 15 is 0 Å². The van der Waals surface area contributed by atoms with Gasteiger partial charge in [-0.25, -0.2) is 24.1 Å². The molecule has 0 spiro atoms. The summed E-state index contributed by atoms with van der Waals surface area (Å²) in [4.78, 5) is 27.3. The minimum absolute atomic E-state index is 0.0543. The van der Waals surface area contributed by atoms with Crippen LogP contribution in [0.2, 0.25) is 0 Å². The molecule has 1 fully saturated rings. The van der Waals surface area contributed by atoms with Crippen LogP contribution in [0.1, 0.15) is 32.8 Å². The van der Waals surface area contributed by atoms with Crippen molar-refractivity contribution >= 4 is 17.6 Å². The maximum Gasteiger partial charge on any atom is 0.410 e. The largest absolute Gasteiger partial charge is 0.444 e. The number of carbonyl (C=O) groups is 1. The molecule has 1 aliphatic heterocycles. The number of nitrogens with zero attached hydrogens (tertiary/aromatic N) is 5. The lowest BCUT2D eigenvalue weighted by Crippen LogP contribution is -2.36. The van der Waals surface area contributed by atoms with Crippen molar-refractivity contribution in [2.45, 2.75) is 45.8 Å². The summed E-state index contributed by atoms with van der Waals surface area (Å²) in [6.45, 7) is 8.64. The maximum absolute atomic E-state index is 13.7. The highest BCUT2D eigenvalue weighted by Gasteiger charge is 2.30. The summed E-state index contributed by atoms with van der Waals surface area (Å²) >= 11 is 0. The number of hydrogen-bond acceptors (Lipinski definition) is 6. The molecule has 0 aliphatic carbocycles. The van der Waals surface area contributed by atoms with Crippen LogP contribution in [-0.4, -0.2) is 55.1 Å². The Morgan fingerprint density at radius 3 is 2.83 bits per heavy atom. The SMILES string of the molecule is Cc1cnc(-c2cnc3ccc(F)cn23)nc1NC1CCN(C(=O)OC(C)(C)C)C1. The number of anilines is 1. The molecule has 4 heterocycles. The molecule has 3 aromatic rings. The van der Waals surface area contributed by atoms with Crippen LogP contribution in [0.25, 0.3) is 17.2 Å². The van der Waals surface area contributed by atoms with Gasteiger partial charge in [0.2, 0.25) is 0 Å². The predicted molar refractivity (Wildman–Crippen MR) is 111 cm³/mol. The number of rotatable bonds is 3. The van der Waals surface area contributed by atoms with Crippen molar-refractivity contribution in [1.29, 1.82) is 0 Å². The van der Waals surface area contributed by atoms with E-state index in [1.54, 1.807) is 27.8 Å². The average Bonchev–Trinajstić information content (AvgIpc) is 3.29. The van der Waals surface area contributed by atoms with Crippen molar-refractivity contribution in [3.05, 3.63) is 42.1 Å². The fraction of sp³-hybridized carbons (Fsp3) is 0.429. The molecule has 0 saturated carbocycles. The van der Waals surface area contributed by atoms with Crippen molar-refractivity contribution < 1.29 is 13.9 Å². The molecule has 1 unspecified atom stereocenters. The summed E-state index contributed by atoms with van der Waals surface area (Å²) in [5.41, 5.74) is 1.59. The second-order valence-electron chi connectivity index (χ2n) is 8.50. The Labute approximate surface area is 174 Å². The van der Waals surface area contributed by atoms with E-state index in [0.717, 1.165) is 12.0 Å². The minimum atomic E-state index is -0.520. The van der Waals surface area contributed by atoms with E-state index in [9.17, 15) is 9.18 Å². The number of nitrogens with one attached hydrogen (secondary N) is 1. The molecule has 3 aromatic heterocycles. The molecule has 1 aliphatic rings. The van der Waals surface area contributed by atoms with Crippen LogP contribution in [-0.2, 0) is 4.74 Å². The topological polar surface area (TPSA) is 84.7 Å². The number of carbonyl (C=O) groups excluding carboxylic acids is 1. The smallest absolute Gasteiger partial charge is 0.410 e. The maximum atomic E-state index is 13.7. The van der Waals surface area contributed by atoms with Gasteiger partial charge in [-0.15, -0.1) is 0 Å². The van der Waals surface area contributed by atoms with E-state index in [4.69, 9.17) is 4.74 Å². The van der Waals surface area contributed by atoms with E-state index in [1.165, 1.54) is 12.3 Å². The molecule has 1 N–H and O–H groups in total. The number of ether oxygens (including phenoxy) is 1. The summed E-state index contributed by atoms with van der Waals surface area (Å²) in [6, 6.07) is 3.03. The Morgan fingerprint density at radius 2 is 2.07 bits per heavy atom. The Hall–Kier alpha value is -3.23. The van der Waals surface area contributed by atoms with Gasteiger partial charge in [-0.2, -0.15) is 0 Å². The zero-order valence-electron chi connectivity index (χ0n) is 17.5. The normalized spacial score (nSPS) is 16.8. The van der Waals surface area contributed by atoms with E-state index in [1.807, 2.05) is 27.7 Å². The molecule has 1 saturated heterocycles. The third-order valence-electron chi connectivity index (χ3n) is 4.85. The van der Waals surface area contributed by atoms with Gasteiger partial charge >= 0.3 is 6.09 Å². The first-order valence-corrected chi connectivity index (χ1v) is 9.91.